The molecule has 0 saturated carbocycles. The van der Waals surface area contributed by atoms with Gasteiger partial charge < -0.3 is 5.11 Å². The highest BCUT2D eigenvalue weighted by Gasteiger charge is 2.10. The van der Waals surface area contributed by atoms with Gasteiger partial charge in [-0.15, -0.1) is 10.2 Å². The number of aromatic nitrogens is 3. The monoisotopic (exact) mass is 305 g/mol. The van der Waals surface area contributed by atoms with Crippen LogP contribution in [0.1, 0.15) is 17.0 Å². The molecule has 1 aromatic carbocycles. The molecule has 4 rings (SSSR count). The van der Waals surface area contributed by atoms with Crippen LogP contribution in [-0.4, -0.2) is 44.7 Å². The second-order valence-corrected chi connectivity index (χ2v) is 5.41. The van der Waals surface area contributed by atoms with Crippen LogP contribution >= 0.6 is 0 Å². The van der Waals surface area contributed by atoms with Gasteiger partial charge in [-0.2, -0.15) is 0 Å². The van der Waals surface area contributed by atoms with E-state index in [-0.39, 0.29) is 5.75 Å². The Kier molecular flexibility index (Phi) is 3.34. The zero-order valence-electron chi connectivity index (χ0n) is 12.4. The fourth-order valence-electron chi connectivity index (χ4n) is 2.59. The van der Waals surface area contributed by atoms with Crippen molar-refractivity contribution in [1.29, 1.82) is 0 Å². The maximum atomic E-state index is 9.38. The maximum absolute atomic E-state index is 9.38. The minimum Gasteiger partial charge on any atom is -0.508 e. The molecule has 0 radical (unpaired) electrons. The summed E-state index contributed by atoms with van der Waals surface area (Å²) >= 11 is 0. The summed E-state index contributed by atoms with van der Waals surface area (Å²) in [6, 6.07) is 11.1. The second-order valence-electron chi connectivity index (χ2n) is 5.41. The van der Waals surface area contributed by atoms with Gasteiger partial charge in [0.2, 0.25) is 0 Å². The fraction of sp³-hybridized carbons (Fsp3) is 0.176. The summed E-state index contributed by atoms with van der Waals surface area (Å²) in [5.41, 5.74) is 3.77. The Labute approximate surface area is 132 Å². The number of phenols is 1. The van der Waals surface area contributed by atoms with Crippen molar-refractivity contribution in [2.45, 2.75) is 6.42 Å². The Balaban J connectivity index is 1.71. The van der Waals surface area contributed by atoms with Gasteiger partial charge in [-0.1, -0.05) is 12.1 Å². The van der Waals surface area contributed by atoms with Gasteiger partial charge in [0.15, 0.2) is 5.65 Å². The summed E-state index contributed by atoms with van der Waals surface area (Å²) in [6.07, 6.45) is 4.46. The molecule has 0 unspecified atom stereocenters. The van der Waals surface area contributed by atoms with Crippen molar-refractivity contribution in [2.75, 3.05) is 13.1 Å². The lowest BCUT2D eigenvalue weighted by Gasteiger charge is -2.07. The standard InChI is InChI=1S/C17H15N5O/c23-14-4-1-12(2-5-14)9-17-21-20-16-6-3-13(11-22(16)17)15-10-18-7-8-19-15/h1-6,10-11,23H,7-9H2. The molecule has 2 aromatic heterocycles. The minimum absolute atomic E-state index is 0.261. The van der Waals surface area contributed by atoms with Crippen molar-refractivity contribution >= 4 is 17.6 Å². The molecule has 0 amide bonds. The normalized spacial score (nSPS) is 14.2. The third kappa shape index (κ3) is 2.70. The smallest absolute Gasteiger partial charge is 0.160 e. The average Bonchev–Trinajstić information content (AvgIpc) is 3.00. The summed E-state index contributed by atoms with van der Waals surface area (Å²) < 4.78 is 1.98. The topological polar surface area (TPSA) is 75.1 Å². The number of fused-ring (bicyclic) bond motifs is 1. The average molecular weight is 305 g/mol. The van der Waals surface area contributed by atoms with E-state index in [1.54, 1.807) is 12.1 Å². The Bertz CT molecular complexity index is 908. The van der Waals surface area contributed by atoms with Crippen LogP contribution in [-0.2, 0) is 6.42 Å². The van der Waals surface area contributed by atoms with E-state index in [0.717, 1.165) is 41.4 Å². The van der Waals surface area contributed by atoms with Gasteiger partial charge in [-0.3, -0.25) is 14.4 Å². The van der Waals surface area contributed by atoms with Gasteiger partial charge in [-0.05, 0) is 29.8 Å². The van der Waals surface area contributed by atoms with Gasteiger partial charge >= 0.3 is 0 Å². The third-order valence-corrected chi connectivity index (χ3v) is 3.79. The van der Waals surface area contributed by atoms with Crippen LogP contribution in [0.3, 0.4) is 0 Å². The minimum atomic E-state index is 0.261. The molecular formula is C17H15N5O. The van der Waals surface area contributed by atoms with E-state index in [0.29, 0.717) is 6.42 Å². The van der Waals surface area contributed by atoms with Crippen LogP contribution in [0.25, 0.3) is 5.65 Å². The number of hydrogen-bond donors (Lipinski definition) is 1. The lowest BCUT2D eigenvalue weighted by Crippen LogP contribution is -2.11. The SMILES string of the molecule is Oc1ccc(Cc2nnc3ccc(C4=NCCN=C4)cn23)cc1. The Morgan fingerprint density at radius 2 is 1.87 bits per heavy atom. The van der Waals surface area contributed by atoms with Crippen molar-refractivity contribution < 1.29 is 5.11 Å². The van der Waals surface area contributed by atoms with E-state index >= 15 is 0 Å². The number of aliphatic imine (C=N–C) groups is 2. The van der Waals surface area contributed by atoms with Crippen LogP contribution in [0.5, 0.6) is 5.75 Å². The lowest BCUT2D eigenvalue weighted by atomic mass is 10.1. The molecule has 1 N–H and O–H groups in total. The van der Waals surface area contributed by atoms with Gasteiger partial charge in [0.05, 0.1) is 18.8 Å². The van der Waals surface area contributed by atoms with Crippen LogP contribution in [0, 0.1) is 0 Å². The first-order valence-electron chi connectivity index (χ1n) is 7.46. The van der Waals surface area contributed by atoms with Crippen molar-refractivity contribution in [3.05, 3.63) is 59.5 Å². The Morgan fingerprint density at radius 1 is 1.00 bits per heavy atom. The predicted octanol–water partition coefficient (Wildman–Crippen LogP) is 1.90. The molecule has 0 saturated heterocycles. The molecule has 0 bridgehead atoms. The van der Waals surface area contributed by atoms with Crippen LogP contribution < -0.4 is 0 Å². The highest BCUT2D eigenvalue weighted by molar-refractivity contribution is 6.38. The number of benzene rings is 1. The number of nitrogens with zero attached hydrogens (tertiary/aromatic N) is 5. The quantitative estimate of drug-likeness (QED) is 0.803. The maximum Gasteiger partial charge on any atom is 0.160 e. The van der Waals surface area contributed by atoms with E-state index in [2.05, 4.69) is 20.2 Å². The molecule has 23 heavy (non-hydrogen) atoms. The molecule has 0 spiro atoms. The highest BCUT2D eigenvalue weighted by atomic mass is 16.3. The highest BCUT2D eigenvalue weighted by Crippen LogP contribution is 2.15. The molecule has 6 heteroatoms. The van der Waals surface area contributed by atoms with Crippen LogP contribution in [0.15, 0.2) is 52.6 Å². The molecule has 114 valence electrons. The molecule has 6 nitrogen and oxygen atoms in total. The Morgan fingerprint density at radius 3 is 2.65 bits per heavy atom. The number of pyridine rings is 1. The first kappa shape index (κ1) is 13.6. The van der Waals surface area contributed by atoms with Crippen molar-refractivity contribution in [2.24, 2.45) is 9.98 Å². The molecule has 3 aromatic rings. The molecule has 3 heterocycles. The second kappa shape index (κ2) is 5.64. The van der Waals surface area contributed by atoms with Gasteiger partial charge in [-0.25, -0.2) is 0 Å². The van der Waals surface area contributed by atoms with E-state index in [4.69, 9.17) is 0 Å². The molecule has 0 aliphatic carbocycles. The lowest BCUT2D eigenvalue weighted by molar-refractivity contribution is 0.475. The van der Waals surface area contributed by atoms with E-state index in [1.807, 2.05) is 41.1 Å². The first-order valence-corrected chi connectivity index (χ1v) is 7.46. The Hall–Kier alpha value is -3.02. The largest absolute Gasteiger partial charge is 0.508 e. The number of phenolic OH excluding ortho intramolecular Hbond substituents is 1. The molecule has 0 fully saturated rings. The molecule has 1 aliphatic heterocycles. The molecule has 1 aliphatic rings. The van der Waals surface area contributed by atoms with Crippen molar-refractivity contribution in [3.63, 3.8) is 0 Å². The molecular weight excluding hydrogens is 290 g/mol. The van der Waals surface area contributed by atoms with Gasteiger partial charge in [0.1, 0.15) is 11.6 Å². The molecule has 0 atom stereocenters. The summed E-state index contributed by atoms with van der Waals surface area (Å²) in [5, 5.41) is 17.9. The zero-order valence-corrected chi connectivity index (χ0v) is 12.4. The summed E-state index contributed by atoms with van der Waals surface area (Å²) in [5.74, 6) is 1.11. The van der Waals surface area contributed by atoms with E-state index < -0.39 is 0 Å². The zero-order chi connectivity index (χ0) is 15.6. The summed E-state index contributed by atoms with van der Waals surface area (Å²) in [6.45, 7) is 1.48. The van der Waals surface area contributed by atoms with Crippen LogP contribution in [0.2, 0.25) is 0 Å². The van der Waals surface area contributed by atoms with Crippen molar-refractivity contribution in [3.8, 4) is 5.75 Å². The van der Waals surface area contributed by atoms with Gasteiger partial charge in [0, 0.05) is 24.4 Å². The summed E-state index contributed by atoms with van der Waals surface area (Å²) in [4.78, 5) is 8.78. The number of aromatic hydroxyl groups is 1. The van der Waals surface area contributed by atoms with E-state index in [1.165, 1.54) is 0 Å². The van der Waals surface area contributed by atoms with E-state index in [9.17, 15) is 5.11 Å². The number of rotatable bonds is 3. The van der Waals surface area contributed by atoms with Crippen LogP contribution in [0.4, 0.5) is 0 Å². The van der Waals surface area contributed by atoms with Gasteiger partial charge in [0.25, 0.3) is 0 Å². The third-order valence-electron chi connectivity index (χ3n) is 3.79. The number of hydrogen-bond acceptors (Lipinski definition) is 5. The van der Waals surface area contributed by atoms with Crippen molar-refractivity contribution in [1.82, 2.24) is 14.6 Å². The predicted molar refractivity (Wildman–Crippen MR) is 88.7 cm³/mol. The first-order chi connectivity index (χ1) is 11.3. The summed E-state index contributed by atoms with van der Waals surface area (Å²) in [7, 11) is 0. The fourth-order valence-corrected chi connectivity index (χ4v) is 2.59.